The highest BCUT2D eigenvalue weighted by atomic mass is 79.9. The van der Waals surface area contributed by atoms with Crippen molar-refractivity contribution < 1.29 is 4.39 Å². The van der Waals surface area contributed by atoms with E-state index < -0.39 is 0 Å². The fraction of sp³-hybridized carbons (Fsp3) is 0.333. The molecule has 1 aromatic heterocycles. The summed E-state index contributed by atoms with van der Waals surface area (Å²) in [7, 11) is 0. The molecule has 0 atom stereocenters. The van der Waals surface area contributed by atoms with Crippen molar-refractivity contribution in [3.8, 4) is 0 Å². The second-order valence-corrected chi connectivity index (χ2v) is 7.27. The lowest BCUT2D eigenvalue weighted by molar-refractivity contribution is 0.278. The van der Waals surface area contributed by atoms with E-state index in [1.165, 1.54) is 17.7 Å². The Morgan fingerprint density at radius 2 is 1.96 bits per heavy atom. The number of halogens is 2. The molecule has 2 aromatic rings. The molecule has 1 N–H and O–H groups in total. The van der Waals surface area contributed by atoms with Gasteiger partial charge in [0.1, 0.15) is 5.82 Å². The van der Waals surface area contributed by atoms with Crippen LogP contribution in [0.2, 0.25) is 0 Å². The van der Waals surface area contributed by atoms with Crippen LogP contribution < -0.4 is 5.32 Å². The van der Waals surface area contributed by atoms with Gasteiger partial charge in [0.25, 0.3) is 0 Å². The van der Waals surface area contributed by atoms with Crippen molar-refractivity contribution in [2.45, 2.75) is 13.0 Å². The highest BCUT2D eigenvalue weighted by Gasteiger charge is 2.17. The number of benzene rings is 1. The number of hydrogen-bond acceptors (Lipinski definition) is 3. The predicted molar refractivity (Wildman–Crippen MR) is 106 cm³/mol. The van der Waals surface area contributed by atoms with Crippen LogP contribution in [0.1, 0.15) is 12.0 Å². The Balaban J connectivity index is 1.56. The minimum Gasteiger partial charge on any atom is -0.348 e. The van der Waals surface area contributed by atoms with Gasteiger partial charge in [0.2, 0.25) is 0 Å². The third-order valence-electron chi connectivity index (χ3n) is 4.20. The normalized spacial score (nSPS) is 15.7. The fourth-order valence-corrected chi connectivity index (χ4v) is 3.61. The van der Waals surface area contributed by atoms with Gasteiger partial charge in [0.05, 0.1) is 5.69 Å². The zero-order valence-electron chi connectivity index (χ0n) is 13.8. The molecule has 4 nitrogen and oxygen atoms in total. The molecule has 0 radical (unpaired) electrons. The Bertz CT molecular complexity index is 728. The number of rotatable bonds is 3. The molecule has 2 heterocycles. The van der Waals surface area contributed by atoms with Gasteiger partial charge >= 0.3 is 0 Å². The number of nitrogens with zero attached hydrogens (tertiary/aromatic N) is 3. The molecule has 0 aliphatic carbocycles. The zero-order chi connectivity index (χ0) is 17.6. The first kappa shape index (κ1) is 18.2. The van der Waals surface area contributed by atoms with E-state index in [4.69, 9.17) is 12.2 Å². The Morgan fingerprint density at radius 1 is 1.16 bits per heavy atom. The lowest BCUT2D eigenvalue weighted by Crippen LogP contribution is -2.37. The highest BCUT2D eigenvalue weighted by molar-refractivity contribution is 9.10. The maximum Gasteiger partial charge on any atom is 0.173 e. The molecule has 0 unspecified atom stereocenters. The molecular formula is C18H20BrFN4S. The van der Waals surface area contributed by atoms with Crippen LogP contribution in [0.3, 0.4) is 0 Å². The summed E-state index contributed by atoms with van der Waals surface area (Å²) in [5, 5.41) is 3.90. The number of nitrogens with one attached hydrogen (secondary N) is 1. The van der Waals surface area contributed by atoms with Crippen LogP contribution in [-0.2, 0) is 6.54 Å². The van der Waals surface area contributed by atoms with Gasteiger partial charge in [-0.15, -0.1) is 0 Å². The third kappa shape index (κ3) is 5.20. The summed E-state index contributed by atoms with van der Waals surface area (Å²) in [5.41, 5.74) is 2.06. The Morgan fingerprint density at radius 3 is 2.72 bits per heavy atom. The van der Waals surface area contributed by atoms with Crippen LogP contribution in [0.15, 0.2) is 47.2 Å². The predicted octanol–water partition coefficient (Wildman–Crippen LogP) is 3.89. The quantitative estimate of drug-likeness (QED) is 0.758. The molecule has 1 aromatic carbocycles. The second kappa shape index (κ2) is 8.69. The number of pyridine rings is 1. The van der Waals surface area contributed by atoms with Crippen LogP contribution in [0.4, 0.5) is 10.1 Å². The lowest BCUT2D eigenvalue weighted by Gasteiger charge is -2.25. The summed E-state index contributed by atoms with van der Waals surface area (Å²) in [5.74, 6) is -0.273. The smallest absolute Gasteiger partial charge is 0.173 e. The van der Waals surface area contributed by atoms with Gasteiger partial charge in [-0.1, -0.05) is 0 Å². The molecule has 7 heteroatoms. The van der Waals surface area contributed by atoms with Crippen molar-refractivity contribution in [2.75, 3.05) is 31.5 Å². The van der Waals surface area contributed by atoms with E-state index in [0.29, 0.717) is 9.59 Å². The first-order valence-electron chi connectivity index (χ1n) is 8.24. The highest BCUT2D eigenvalue weighted by Crippen LogP contribution is 2.23. The maximum absolute atomic E-state index is 13.2. The average molecular weight is 423 g/mol. The largest absolute Gasteiger partial charge is 0.348 e. The van der Waals surface area contributed by atoms with E-state index in [1.807, 2.05) is 12.4 Å². The van der Waals surface area contributed by atoms with Gasteiger partial charge in [-0.2, -0.15) is 0 Å². The van der Waals surface area contributed by atoms with Crippen molar-refractivity contribution in [2.24, 2.45) is 0 Å². The van der Waals surface area contributed by atoms with E-state index in [0.717, 1.165) is 44.8 Å². The standard InChI is InChI=1S/C18H20BrFN4S/c19-16-12-15(20)2-3-17(16)22-18(25)24-9-1-8-23(10-11-24)13-14-4-6-21-7-5-14/h2-7,12H,1,8-11,13H2,(H,22,25). The van der Waals surface area contributed by atoms with Crippen LogP contribution in [0.25, 0.3) is 0 Å². The van der Waals surface area contributed by atoms with Crippen molar-refractivity contribution in [3.63, 3.8) is 0 Å². The third-order valence-corrected chi connectivity index (χ3v) is 5.22. The Labute approximate surface area is 161 Å². The van der Waals surface area contributed by atoms with Crippen LogP contribution in [-0.4, -0.2) is 46.1 Å². The minimum absolute atomic E-state index is 0.273. The number of thiocarbonyl (C=S) groups is 1. The molecule has 1 fully saturated rings. The summed E-state index contributed by atoms with van der Waals surface area (Å²) in [6, 6.07) is 8.67. The molecule has 0 bridgehead atoms. The number of anilines is 1. The van der Waals surface area contributed by atoms with Crippen LogP contribution in [0, 0.1) is 5.82 Å². The van der Waals surface area contributed by atoms with Crippen molar-refractivity contribution in [1.29, 1.82) is 0 Å². The zero-order valence-corrected chi connectivity index (χ0v) is 16.2. The average Bonchev–Trinajstić information content (AvgIpc) is 2.84. The molecule has 0 amide bonds. The first-order chi connectivity index (χ1) is 12.1. The molecule has 0 saturated carbocycles. The molecule has 0 spiro atoms. The summed E-state index contributed by atoms with van der Waals surface area (Å²) < 4.78 is 13.9. The Hall–Kier alpha value is -1.57. The van der Waals surface area contributed by atoms with E-state index in [2.05, 4.69) is 48.2 Å². The van der Waals surface area contributed by atoms with E-state index >= 15 is 0 Å². The van der Waals surface area contributed by atoms with Crippen molar-refractivity contribution in [3.05, 3.63) is 58.6 Å². The molecular weight excluding hydrogens is 403 g/mol. The summed E-state index contributed by atoms with van der Waals surface area (Å²) >= 11 is 8.92. The van der Waals surface area contributed by atoms with Crippen LogP contribution >= 0.6 is 28.1 Å². The van der Waals surface area contributed by atoms with Crippen LogP contribution in [0.5, 0.6) is 0 Å². The van der Waals surface area contributed by atoms with Gasteiger partial charge < -0.3 is 10.2 Å². The molecule has 3 rings (SSSR count). The molecule has 132 valence electrons. The second-order valence-electron chi connectivity index (χ2n) is 6.03. The topological polar surface area (TPSA) is 31.4 Å². The molecule has 25 heavy (non-hydrogen) atoms. The van der Waals surface area contributed by atoms with Gasteiger partial charge in [0.15, 0.2) is 5.11 Å². The molecule has 1 saturated heterocycles. The summed E-state index contributed by atoms with van der Waals surface area (Å²) in [6.07, 6.45) is 4.72. The SMILES string of the molecule is Fc1ccc(NC(=S)N2CCCN(Cc3ccncc3)CC2)c(Br)c1. The summed E-state index contributed by atoms with van der Waals surface area (Å²) in [4.78, 5) is 8.68. The van der Waals surface area contributed by atoms with Crippen molar-refractivity contribution in [1.82, 2.24) is 14.8 Å². The first-order valence-corrected chi connectivity index (χ1v) is 9.44. The van der Waals surface area contributed by atoms with E-state index in [1.54, 1.807) is 6.07 Å². The van der Waals surface area contributed by atoms with E-state index in [9.17, 15) is 4.39 Å². The Kier molecular flexibility index (Phi) is 6.34. The molecule has 1 aliphatic heterocycles. The van der Waals surface area contributed by atoms with Gasteiger partial charge in [-0.25, -0.2) is 4.39 Å². The number of hydrogen-bond donors (Lipinski definition) is 1. The monoisotopic (exact) mass is 422 g/mol. The van der Waals surface area contributed by atoms with Crippen molar-refractivity contribution >= 4 is 38.9 Å². The summed E-state index contributed by atoms with van der Waals surface area (Å²) in [6.45, 7) is 4.71. The van der Waals surface area contributed by atoms with Gasteiger partial charge in [0, 0.05) is 49.6 Å². The maximum atomic E-state index is 13.2. The lowest BCUT2D eigenvalue weighted by atomic mass is 10.2. The fourth-order valence-electron chi connectivity index (χ4n) is 2.86. The minimum atomic E-state index is -0.273. The van der Waals surface area contributed by atoms with E-state index in [-0.39, 0.29) is 5.82 Å². The van der Waals surface area contributed by atoms with Gasteiger partial charge in [-0.3, -0.25) is 9.88 Å². The molecule has 1 aliphatic rings. The number of aromatic nitrogens is 1. The van der Waals surface area contributed by atoms with Gasteiger partial charge in [-0.05, 0) is 70.5 Å².